The third-order valence-electron chi connectivity index (χ3n) is 8.01. The van der Waals surface area contributed by atoms with Gasteiger partial charge in [0.25, 0.3) is 0 Å². The predicted octanol–water partition coefficient (Wildman–Crippen LogP) is 3.78. The van der Waals surface area contributed by atoms with Crippen molar-refractivity contribution in [1.29, 1.82) is 0 Å². The van der Waals surface area contributed by atoms with Crippen molar-refractivity contribution in [2.45, 2.75) is 83.5 Å². The topological polar surface area (TPSA) is 66.8 Å². The van der Waals surface area contributed by atoms with E-state index in [-0.39, 0.29) is 28.5 Å². The lowest BCUT2D eigenvalue weighted by Gasteiger charge is -2.60. The molecule has 3 aliphatic rings. The van der Waals surface area contributed by atoms with Gasteiger partial charge in [0.05, 0.1) is 11.2 Å². The summed E-state index contributed by atoms with van der Waals surface area (Å²) in [5.74, 6) is -0.650. The number of aliphatic carboxylic acids is 1. The summed E-state index contributed by atoms with van der Waals surface area (Å²) in [6.07, 6.45) is 5.87. The monoisotopic (exact) mass is 336 g/mol. The highest BCUT2D eigenvalue weighted by molar-refractivity contribution is 5.79. The van der Waals surface area contributed by atoms with Crippen molar-refractivity contribution in [2.75, 3.05) is 0 Å². The van der Waals surface area contributed by atoms with Crippen LogP contribution < -0.4 is 0 Å². The minimum Gasteiger partial charge on any atom is -0.479 e. The fourth-order valence-corrected chi connectivity index (χ4v) is 6.64. The Morgan fingerprint density at radius 1 is 1.12 bits per heavy atom. The lowest BCUT2D eigenvalue weighted by atomic mass is 9.52. The van der Waals surface area contributed by atoms with Crippen LogP contribution in [0.4, 0.5) is 0 Å². The van der Waals surface area contributed by atoms with Gasteiger partial charge in [-0.25, -0.2) is 4.79 Å². The lowest BCUT2D eigenvalue weighted by molar-refractivity contribution is -0.236. The van der Waals surface area contributed by atoms with Gasteiger partial charge in [-0.2, -0.15) is 0 Å². The number of carboxylic acid groups (broad SMARTS) is 1. The number of hydrogen-bond acceptors (Lipinski definition) is 3. The van der Waals surface area contributed by atoms with Crippen LogP contribution in [0.2, 0.25) is 0 Å². The van der Waals surface area contributed by atoms with Gasteiger partial charge in [0.1, 0.15) is 0 Å². The Labute approximate surface area is 145 Å². The van der Waals surface area contributed by atoms with E-state index in [0.717, 1.165) is 25.7 Å². The molecule has 0 amide bonds. The average Bonchev–Trinajstić information content (AvgIpc) is 2.61. The van der Waals surface area contributed by atoms with E-state index in [9.17, 15) is 15.0 Å². The number of carboxylic acids is 1. The molecule has 0 unspecified atom stereocenters. The quantitative estimate of drug-likeness (QED) is 0.753. The zero-order valence-electron chi connectivity index (χ0n) is 15.7. The van der Waals surface area contributed by atoms with Gasteiger partial charge in [0, 0.05) is 5.41 Å². The van der Waals surface area contributed by atoms with Crippen LogP contribution >= 0.6 is 0 Å². The number of aliphatic hydroxyl groups is 1. The molecule has 2 aliphatic carbocycles. The van der Waals surface area contributed by atoms with Crippen LogP contribution in [-0.2, 0) is 9.53 Å². The van der Waals surface area contributed by atoms with Crippen LogP contribution in [-0.4, -0.2) is 33.0 Å². The van der Waals surface area contributed by atoms with Gasteiger partial charge in [-0.05, 0) is 63.2 Å². The molecule has 4 heteroatoms. The second kappa shape index (κ2) is 4.85. The summed E-state index contributed by atoms with van der Waals surface area (Å²) in [5, 5.41) is 20.8. The molecule has 0 spiro atoms. The Balaban J connectivity index is 2.03. The van der Waals surface area contributed by atoms with Gasteiger partial charge in [0.15, 0.2) is 5.60 Å². The highest BCUT2D eigenvalue weighted by atomic mass is 16.5. The first-order chi connectivity index (χ1) is 10.8. The number of hydrogen-bond donors (Lipinski definition) is 2. The molecule has 1 saturated heterocycles. The Hall–Kier alpha value is -0.870. The van der Waals surface area contributed by atoms with Gasteiger partial charge < -0.3 is 14.9 Å². The molecule has 0 aromatic rings. The zero-order chi connectivity index (χ0) is 18.2. The average molecular weight is 336 g/mol. The fraction of sp³-hybridized carbons (Fsp3) is 0.850. The molecule has 24 heavy (non-hydrogen) atoms. The summed E-state index contributed by atoms with van der Waals surface area (Å²) in [7, 11) is 0. The van der Waals surface area contributed by atoms with Gasteiger partial charge in [-0.1, -0.05) is 26.8 Å². The lowest BCUT2D eigenvalue weighted by Crippen LogP contribution is -2.59. The predicted molar refractivity (Wildman–Crippen MR) is 92.6 cm³/mol. The summed E-state index contributed by atoms with van der Waals surface area (Å²) in [6, 6.07) is 0. The number of rotatable bonds is 2. The van der Waals surface area contributed by atoms with Gasteiger partial charge in [-0.3, -0.25) is 0 Å². The maximum atomic E-state index is 11.9. The second-order valence-corrected chi connectivity index (χ2v) is 9.68. The van der Waals surface area contributed by atoms with Gasteiger partial charge in [0.2, 0.25) is 0 Å². The molecule has 4 nitrogen and oxygen atoms in total. The third kappa shape index (κ3) is 2.02. The van der Waals surface area contributed by atoms with Crippen LogP contribution in [0.3, 0.4) is 0 Å². The summed E-state index contributed by atoms with van der Waals surface area (Å²) in [4.78, 5) is 11.9. The van der Waals surface area contributed by atoms with Crippen LogP contribution in [0.25, 0.3) is 0 Å². The van der Waals surface area contributed by atoms with Crippen molar-refractivity contribution in [2.24, 2.45) is 22.7 Å². The number of ether oxygens (including phenoxy) is 1. The molecule has 1 heterocycles. The first kappa shape index (κ1) is 17.9. The maximum absolute atomic E-state index is 11.9. The molecule has 0 aromatic carbocycles. The van der Waals surface area contributed by atoms with Crippen LogP contribution in [0, 0.1) is 22.7 Å². The van der Waals surface area contributed by atoms with E-state index in [4.69, 9.17) is 4.74 Å². The molecule has 2 saturated carbocycles. The normalized spacial score (nSPS) is 53.1. The van der Waals surface area contributed by atoms with Crippen molar-refractivity contribution >= 4 is 5.97 Å². The van der Waals surface area contributed by atoms with E-state index in [0.29, 0.717) is 6.42 Å². The van der Waals surface area contributed by atoms with E-state index >= 15 is 0 Å². The Kier molecular flexibility index (Phi) is 3.63. The Bertz CT molecular complexity index is 584. The van der Waals surface area contributed by atoms with E-state index in [1.54, 1.807) is 0 Å². The molecule has 0 bridgehead atoms. The molecule has 3 fully saturated rings. The largest absolute Gasteiger partial charge is 0.479 e. The van der Waals surface area contributed by atoms with Crippen molar-refractivity contribution in [1.82, 2.24) is 0 Å². The van der Waals surface area contributed by atoms with Gasteiger partial charge in [-0.15, -0.1) is 6.58 Å². The molecule has 6 atom stereocenters. The Morgan fingerprint density at radius 3 is 2.25 bits per heavy atom. The second-order valence-electron chi connectivity index (χ2n) is 9.68. The van der Waals surface area contributed by atoms with E-state index in [1.807, 2.05) is 19.9 Å². The first-order valence-corrected chi connectivity index (χ1v) is 9.14. The zero-order valence-corrected chi connectivity index (χ0v) is 15.7. The standard InChI is InChI=1S/C20H32O4/c1-7-17(4)10-8-14-18(5)12-20(23,15(21)22)16(2,3)13(18)9-11-19(14,6)24-17/h7,13-14,23H,1,8-12H2,2-6H3,(H,21,22)/t13-,14+,17-,18-,19+,20+/m0/s1. The molecule has 0 radical (unpaired) electrons. The highest BCUT2D eigenvalue weighted by Gasteiger charge is 2.72. The molecule has 3 rings (SSSR count). The SMILES string of the molecule is C=C[C@@]1(C)CC[C@@H]2[C@@]3(C)C[C@@](O)(C(=O)O)C(C)(C)[C@@H]3CC[C@@]2(C)O1. The van der Waals surface area contributed by atoms with Gasteiger partial charge >= 0.3 is 5.97 Å². The number of carbonyl (C=O) groups is 1. The third-order valence-corrected chi connectivity index (χ3v) is 8.01. The molecular formula is C20H32O4. The van der Waals surface area contributed by atoms with Crippen molar-refractivity contribution in [3.63, 3.8) is 0 Å². The maximum Gasteiger partial charge on any atom is 0.336 e. The number of fused-ring (bicyclic) bond motifs is 3. The van der Waals surface area contributed by atoms with Crippen LogP contribution in [0.15, 0.2) is 12.7 Å². The minimum absolute atomic E-state index is 0.181. The molecule has 136 valence electrons. The molecule has 2 N–H and O–H groups in total. The smallest absolute Gasteiger partial charge is 0.336 e. The van der Waals surface area contributed by atoms with Crippen molar-refractivity contribution in [3.8, 4) is 0 Å². The van der Waals surface area contributed by atoms with Crippen LogP contribution in [0.1, 0.15) is 66.7 Å². The fourth-order valence-electron chi connectivity index (χ4n) is 6.64. The summed E-state index contributed by atoms with van der Waals surface area (Å²) in [5.41, 5.74) is -3.14. The summed E-state index contributed by atoms with van der Waals surface area (Å²) < 4.78 is 6.54. The van der Waals surface area contributed by atoms with Crippen molar-refractivity contribution < 1.29 is 19.7 Å². The summed E-state index contributed by atoms with van der Waals surface area (Å²) >= 11 is 0. The summed E-state index contributed by atoms with van der Waals surface area (Å²) in [6.45, 7) is 14.2. The molecular weight excluding hydrogens is 304 g/mol. The highest BCUT2D eigenvalue weighted by Crippen LogP contribution is 2.70. The molecule has 1 aliphatic heterocycles. The first-order valence-electron chi connectivity index (χ1n) is 9.14. The molecule has 0 aromatic heterocycles. The van der Waals surface area contributed by atoms with E-state index in [1.165, 1.54) is 0 Å². The van der Waals surface area contributed by atoms with Crippen molar-refractivity contribution in [3.05, 3.63) is 12.7 Å². The Morgan fingerprint density at radius 2 is 1.71 bits per heavy atom. The van der Waals surface area contributed by atoms with E-state index in [2.05, 4.69) is 27.4 Å². The van der Waals surface area contributed by atoms with E-state index < -0.39 is 17.0 Å². The van der Waals surface area contributed by atoms with Crippen LogP contribution in [0.5, 0.6) is 0 Å². The minimum atomic E-state index is -1.67.